The third-order valence-corrected chi connectivity index (χ3v) is 7.84. The van der Waals surface area contributed by atoms with E-state index in [2.05, 4.69) is 19.6 Å². The molecule has 0 spiro atoms. The molecule has 0 saturated heterocycles. The molecule has 13 heavy (non-hydrogen) atoms. The van der Waals surface area contributed by atoms with Gasteiger partial charge in [0, 0.05) is 5.04 Å². The van der Waals surface area contributed by atoms with Crippen LogP contribution in [0.25, 0.3) is 0 Å². The third kappa shape index (κ3) is 1.07. The molecular formula is C11H20OSi. The van der Waals surface area contributed by atoms with Gasteiger partial charge in [0.2, 0.25) is 0 Å². The van der Waals surface area contributed by atoms with Crippen LogP contribution in [-0.4, -0.2) is 14.4 Å². The highest BCUT2D eigenvalue weighted by molar-refractivity contribution is 6.83. The molecule has 0 aromatic heterocycles. The molecular weight excluding hydrogens is 176 g/mol. The number of fused-ring (bicyclic) bond motifs is 1. The molecule has 2 atom stereocenters. The van der Waals surface area contributed by atoms with Gasteiger partial charge >= 0.3 is 0 Å². The smallest absolute Gasteiger partial charge is 0.124 e. The summed E-state index contributed by atoms with van der Waals surface area (Å²) >= 11 is 0. The number of aldehydes is 1. The number of carbonyl (C=O) groups excluding carboxylic acids is 1. The van der Waals surface area contributed by atoms with Gasteiger partial charge in [0.1, 0.15) is 6.29 Å². The maximum absolute atomic E-state index is 11.3. The van der Waals surface area contributed by atoms with Crippen molar-refractivity contribution in [3.8, 4) is 0 Å². The Balaban J connectivity index is 2.25. The van der Waals surface area contributed by atoms with Gasteiger partial charge in [-0.15, -0.1) is 0 Å². The Morgan fingerprint density at radius 2 is 1.62 bits per heavy atom. The predicted molar refractivity (Wildman–Crippen MR) is 57.6 cm³/mol. The molecule has 0 aromatic carbocycles. The van der Waals surface area contributed by atoms with Crippen molar-refractivity contribution in [1.29, 1.82) is 0 Å². The molecule has 0 N–H and O–H groups in total. The number of carbonyl (C=O) groups is 1. The van der Waals surface area contributed by atoms with Crippen molar-refractivity contribution in [1.82, 2.24) is 0 Å². The van der Waals surface area contributed by atoms with Crippen LogP contribution < -0.4 is 0 Å². The van der Waals surface area contributed by atoms with Gasteiger partial charge in [0.25, 0.3) is 0 Å². The molecule has 1 nitrogen and oxygen atoms in total. The van der Waals surface area contributed by atoms with E-state index >= 15 is 0 Å². The van der Waals surface area contributed by atoms with Crippen molar-refractivity contribution in [2.75, 3.05) is 0 Å². The minimum atomic E-state index is -1.27. The first-order valence-electron chi connectivity index (χ1n) is 5.50. The van der Waals surface area contributed by atoms with Crippen LogP contribution >= 0.6 is 0 Å². The Morgan fingerprint density at radius 3 is 1.92 bits per heavy atom. The Bertz CT molecular complexity index is 217. The molecule has 2 fully saturated rings. The van der Waals surface area contributed by atoms with Crippen LogP contribution in [0.4, 0.5) is 0 Å². The van der Waals surface area contributed by atoms with Crippen molar-refractivity contribution < 1.29 is 4.79 Å². The van der Waals surface area contributed by atoms with Crippen LogP contribution in [0.2, 0.25) is 24.7 Å². The second-order valence-corrected chi connectivity index (χ2v) is 11.2. The van der Waals surface area contributed by atoms with Gasteiger partial charge in [-0.25, -0.2) is 0 Å². The largest absolute Gasteiger partial charge is 0.303 e. The number of hydrogen-bond acceptors (Lipinski definition) is 1. The topological polar surface area (TPSA) is 17.1 Å². The van der Waals surface area contributed by atoms with Crippen molar-refractivity contribution >= 4 is 14.4 Å². The highest BCUT2D eigenvalue weighted by atomic mass is 28.3. The molecule has 2 aliphatic rings. The zero-order valence-electron chi connectivity index (χ0n) is 8.97. The second kappa shape index (κ2) is 2.69. The molecule has 0 radical (unpaired) electrons. The van der Waals surface area contributed by atoms with Gasteiger partial charge in [-0.3, -0.25) is 0 Å². The van der Waals surface area contributed by atoms with Crippen LogP contribution in [0.3, 0.4) is 0 Å². The lowest BCUT2D eigenvalue weighted by Crippen LogP contribution is -2.33. The molecule has 0 aromatic rings. The Morgan fingerprint density at radius 1 is 1.15 bits per heavy atom. The van der Waals surface area contributed by atoms with Crippen molar-refractivity contribution in [2.45, 2.75) is 50.4 Å². The molecule has 0 bridgehead atoms. The second-order valence-electron chi connectivity index (χ2n) is 5.80. The fourth-order valence-corrected chi connectivity index (χ4v) is 6.82. The van der Waals surface area contributed by atoms with E-state index in [0.717, 1.165) is 11.8 Å². The van der Waals surface area contributed by atoms with Gasteiger partial charge < -0.3 is 4.79 Å². The molecule has 2 heteroatoms. The summed E-state index contributed by atoms with van der Waals surface area (Å²) in [7, 11) is -1.27. The number of rotatable bonds is 2. The maximum atomic E-state index is 11.3. The van der Waals surface area contributed by atoms with Crippen molar-refractivity contribution in [2.24, 2.45) is 11.8 Å². The van der Waals surface area contributed by atoms with E-state index in [1.807, 2.05) is 0 Å². The summed E-state index contributed by atoms with van der Waals surface area (Å²) in [5, 5.41) is 0.184. The first kappa shape index (κ1) is 9.44. The highest BCUT2D eigenvalue weighted by Crippen LogP contribution is 2.74. The predicted octanol–water partition coefficient (Wildman–Crippen LogP) is 3.08. The first-order valence-corrected chi connectivity index (χ1v) is 9.00. The summed E-state index contributed by atoms with van der Waals surface area (Å²) < 4.78 is 0. The molecule has 0 amide bonds. The van der Waals surface area contributed by atoms with E-state index < -0.39 is 8.07 Å². The molecule has 0 aliphatic heterocycles. The van der Waals surface area contributed by atoms with Crippen molar-refractivity contribution in [3.63, 3.8) is 0 Å². The van der Waals surface area contributed by atoms with Gasteiger partial charge in [0.05, 0.1) is 8.07 Å². The summed E-state index contributed by atoms with van der Waals surface area (Å²) in [4.78, 5) is 11.3. The van der Waals surface area contributed by atoms with Crippen LogP contribution in [-0.2, 0) is 4.79 Å². The van der Waals surface area contributed by atoms with Gasteiger partial charge in [-0.2, -0.15) is 0 Å². The summed E-state index contributed by atoms with van der Waals surface area (Å²) in [6.45, 7) is 7.08. The fraction of sp³-hybridized carbons (Fsp3) is 0.909. The van der Waals surface area contributed by atoms with Crippen molar-refractivity contribution in [3.05, 3.63) is 0 Å². The maximum Gasteiger partial charge on any atom is 0.124 e. The van der Waals surface area contributed by atoms with Crippen LogP contribution in [0.15, 0.2) is 0 Å². The molecule has 2 aliphatic carbocycles. The van der Waals surface area contributed by atoms with Crippen LogP contribution in [0.1, 0.15) is 25.7 Å². The van der Waals surface area contributed by atoms with Gasteiger partial charge in [-0.05, 0) is 24.7 Å². The standard InChI is InChI=1S/C11H20OSi/c1-13(2,3)11(8-12)9-6-4-5-7-10(9)11/h8-10H,4-7H2,1-3H3. The fourth-order valence-electron chi connectivity index (χ4n) is 3.64. The Labute approximate surface area is 81.9 Å². The Hall–Kier alpha value is -0.113. The monoisotopic (exact) mass is 196 g/mol. The van der Waals surface area contributed by atoms with Crippen LogP contribution in [0, 0.1) is 11.8 Å². The lowest BCUT2D eigenvalue weighted by Gasteiger charge is -2.25. The third-order valence-electron chi connectivity index (χ3n) is 4.38. The lowest BCUT2D eigenvalue weighted by atomic mass is 10.0. The first-order chi connectivity index (χ1) is 6.04. The lowest BCUT2D eigenvalue weighted by molar-refractivity contribution is -0.109. The number of hydrogen-bond donors (Lipinski definition) is 0. The summed E-state index contributed by atoms with van der Waals surface area (Å²) in [5.74, 6) is 1.57. The Kier molecular flexibility index (Phi) is 1.95. The zero-order valence-corrected chi connectivity index (χ0v) is 9.97. The van der Waals surface area contributed by atoms with E-state index in [4.69, 9.17) is 0 Å². The van der Waals surface area contributed by atoms with Crippen LogP contribution in [0.5, 0.6) is 0 Å². The average molecular weight is 196 g/mol. The minimum Gasteiger partial charge on any atom is -0.303 e. The molecule has 74 valence electrons. The quantitative estimate of drug-likeness (QED) is 0.490. The summed E-state index contributed by atoms with van der Waals surface area (Å²) in [5.41, 5.74) is 0. The molecule has 2 saturated carbocycles. The SMILES string of the molecule is C[Si](C)(C)C1(C=O)C2CCCCC21. The molecule has 2 unspecified atom stereocenters. The zero-order chi connectivity index (χ0) is 9.69. The normalized spacial score (nSPS) is 43.9. The summed E-state index contributed by atoms with van der Waals surface area (Å²) in [6, 6.07) is 0. The van der Waals surface area contributed by atoms with E-state index in [-0.39, 0.29) is 5.04 Å². The van der Waals surface area contributed by atoms with E-state index in [9.17, 15) is 4.79 Å². The van der Waals surface area contributed by atoms with Gasteiger partial charge in [-0.1, -0.05) is 32.5 Å². The summed E-state index contributed by atoms with van der Waals surface area (Å²) in [6.07, 6.45) is 6.71. The average Bonchev–Trinajstić information content (AvgIpc) is 2.72. The van der Waals surface area contributed by atoms with E-state index in [1.165, 1.54) is 32.0 Å². The molecule has 0 heterocycles. The van der Waals surface area contributed by atoms with E-state index in [1.54, 1.807) is 0 Å². The highest BCUT2D eigenvalue weighted by Gasteiger charge is 2.69. The van der Waals surface area contributed by atoms with Gasteiger partial charge in [0.15, 0.2) is 0 Å². The minimum absolute atomic E-state index is 0.184. The molecule has 2 rings (SSSR count). The van der Waals surface area contributed by atoms with E-state index in [0.29, 0.717) is 0 Å².